The second-order valence-electron chi connectivity index (χ2n) is 7.68. The predicted molar refractivity (Wildman–Crippen MR) is 95.9 cm³/mol. The topological polar surface area (TPSA) is 59.6 Å². The second kappa shape index (κ2) is 7.14. The Morgan fingerprint density at radius 1 is 1.08 bits per heavy atom. The molecule has 4 rings (SSSR count). The number of nitrogens with one attached hydrogen (secondary N) is 2. The van der Waals surface area contributed by atoms with Crippen LogP contribution in [-0.2, 0) is 0 Å². The van der Waals surface area contributed by atoms with Gasteiger partial charge in [0, 0.05) is 6.04 Å². The summed E-state index contributed by atoms with van der Waals surface area (Å²) in [5.74, 6) is 5.01. The van der Waals surface area contributed by atoms with Crippen LogP contribution in [0.4, 0.5) is 4.79 Å². The minimum absolute atomic E-state index is 0.0505. The SMILES string of the molecule is COc1ccc(OCCNC(=O)N[C@@H]2C[C@H]3C[C@@H]2[C@H]2CCC[C@H]32)cc1. The number of amides is 2. The van der Waals surface area contributed by atoms with Gasteiger partial charge >= 0.3 is 6.03 Å². The number of ether oxygens (including phenoxy) is 2. The molecule has 3 aliphatic carbocycles. The molecule has 25 heavy (non-hydrogen) atoms. The van der Waals surface area contributed by atoms with Gasteiger partial charge in [-0.05, 0) is 73.6 Å². The zero-order valence-corrected chi connectivity index (χ0v) is 14.9. The summed E-state index contributed by atoms with van der Waals surface area (Å²) in [6, 6.07) is 7.79. The molecule has 5 nitrogen and oxygen atoms in total. The summed E-state index contributed by atoms with van der Waals surface area (Å²) in [5, 5.41) is 6.14. The van der Waals surface area contributed by atoms with Gasteiger partial charge in [0.2, 0.25) is 0 Å². The van der Waals surface area contributed by atoms with E-state index in [0.29, 0.717) is 19.2 Å². The molecule has 0 aliphatic heterocycles. The highest BCUT2D eigenvalue weighted by Gasteiger charge is 2.53. The van der Waals surface area contributed by atoms with Gasteiger partial charge in [0.1, 0.15) is 18.1 Å². The molecule has 0 aromatic heterocycles. The number of urea groups is 1. The lowest BCUT2D eigenvalue weighted by atomic mass is 9.79. The first-order valence-corrected chi connectivity index (χ1v) is 9.56. The van der Waals surface area contributed by atoms with Crippen LogP contribution in [0.3, 0.4) is 0 Å². The molecule has 1 aromatic carbocycles. The maximum atomic E-state index is 12.2. The molecule has 0 radical (unpaired) electrons. The average molecular weight is 344 g/mol. The normalized spacial score (nSPS) is 32.3. The summed E-state index contributed by atoms with van der Waals surface area (Å²) < 4.78 is 10.7. The number of rotatable bonds is 6. The number of benzene rings is 1. The molecule has 2 N–H and O–H groups in total. The van der Waals surface area contributed by atoms with Crippen LogP contribution in [0.2, 0.25) is 0 Å². The van der Waals surface area contributed by atoms with E-state index in [1.165, 1.54) is 32.1 Å². The van der Waals surface area contributed by atoms with Crippen LogP contribution in [0, 0.1) is 23.7 Å². The van der Waals surface area contributed by atoms with E-state index in [0.717, 1.165) is 35.2 Å². The molecule has 2 bridgehead atoms. The summed E-state index contributed by atoms with van der Waals surface area (Å²) >= 11 is 0. The van der Waals surface area contributed by atoms with Gasteiger partial charge in [-0.2, -0.15) is 0 Å². The van der Waals surface area contributed by atoms with Crippen molar-refractivity contribution in [3.63, 3.8) is 0 Å². The molecule has 0 saturated heterocycles. The number of hydrogen-bond donors (Lipinski definition) is 2. The first-order valence-electron chi connectivity index (χ1n) is 9.56. The Morgan fingerprint density at radius 2 is 1.84 bits per heavy atom. The fraction of sp³-hybridized carbons (Fsp3) is 0.650. The molecule has 0 heterocycles. The molecule has 3 aliphatic rings. The highest BCUT2D eigenvalue weighted by atomic mass is 16.5. The fourth-order valence-corrected chi connectivity index (χ4v) is 5.46. The number of hydrogen-bond acceptors (Lipinski definition) is 3. The van der Waals surface area contributed by atoms with E-state index in [-0.39, 0.29) is 6.03 Å². The molecule has 0 spiro atoms. The van der Waals surface area contributed by atoms with Crippen LogP contribution in [0.5, 0.6) is 11.5 Å². The molecular weight excluding hydrogens is 316 g/mol. The molecule has 3 saturated carbocycles. The van der Waals surface area contributed by atoms with E-state index < -0.39 is 0 Å². The Morgan fingerprint density at radius 3 is 2.64 bits per heavy atom. The van der Waals surface area contributed by atoms with Gasteiger partial charge in [-0.15, -0.1) is 0 Å². The zero-order valence-electron chi connectivity index (χ0n) is 14.9. The van der Waals surface area contributed by atoms with E-state index in [4.69, 9.17) is 9.47 Å². The lowest BCUT2D eigenvalue weighted by Crippen LogP contribution is -2.47. The van der Waals surface area contributed by atoms with Crippen LogP contribution < -0.4 is 20.1 Å². The van der Waals surface area contributed by atoms with Gasteiger partial charge in [0.15, 0.2) is 0 Å². The van der Waals surface area contributed by atoms with E-state index >= 15 is 0 Å². The van der Waals surface area contributed by atoms with Crippen molar-refractivity contribution in [2.24, 2.45) is 23.7 Å². The van der Waals surface area contributed by atoms with Crippen molar-refractivity contribution in [3.05, 3.63) is 24.3 Å². The molecular formula is C20H28N2O3. The summed E-state index contributed by atoms with van der Waals surface area (Å²) in [4.78, 5) is 12.2. The molecule has 136 valence electrons. The maximum absolute atomic E-state index is 12.2. The standard InChI is InChI=1S/C20H28N2O3/c1-24-14-5-7-15(8-6-14)25-10-9-21-20(23)22-19-12-13-11-18(19)17-4-2-3-16(13)17/h5-8,13,16-19H,2-4,9-12H2,1H3,(H2,21,22,23)/t13-,16-,17+,18-,19-/m1/s1. The van der Waals surface area contributed by atoms with Crippen molar-refractivity contribution in [2.75, 3.05) is 20.3 Å². The Labute approximate surface area is 149 Å². The van der Waals surface area contributed by atoms with Crippen molar-refractivity contribution in [2.45, 2.75) is 38.1 Å². The summed E-state index contributed by atoms with van der Waals surface area (Å²) in [6.07, 6.45) is 6.71. The van der Waals surface area contributed by atoms with Gasteiger partial charge in [-0.25, -0.2) is 4.79 Å². The van der Waals surface area contributed by atoms with Crippen molar-refractivity contribution in [3.8, 4) is 11.5 Å². The van der Waals surface area contributed by atoms with Gasteiger partial charge in [0.05, 0.1) is 13.7 Å². The Kier molecular flexibility index (Phi) is 4.73. The molecule has 5 heteroatoms. The Balaban J connectivity index is 1.16. The van der Waals surface area contributed by atoms with Gasteiger partial charge < -0.3 is 20.1 Å². The van der Waals surface area contributed by atoms with Gasteiger partial charge in [0.25, 0.3) is 0 Å². The van der Waals surface area contributed by atoms with Crippen LogP contribution in [0.25, 0.3) is 0 Å². The van der Waals surface area contributed by atoms with E-state index in [1.54, 1.807) is 7.11 Å². The summed E-state index contributed by atoms with van der Waals surface area (Å²) in [6.45, 7) is 0.964. The van der Waals surface area contributed by atoms with E-state index in [1.807, 2.05) is 24.3 Å². The quantitative estimate of drug-likeness (QED) is 0.779. The minimum Gasteiger partial charge on any atom is -0.497 e. The Bertz CT molecular complexity index is 603. The third-order valence-electron chi connectivity index (χ3n) is 6.46. The number of carbonyl (C=O) groups is 1. The molecule has 3 fully saturated rings. The average Bonchev–Trinajstić information content (AvgIpc) is 3.32. The molecule has 5 atom stereocenters. The minimum atomic E-state index is -0.0505. The third-order valence-corrected chi connectivity index (χ3v) is 6.46. The largest absolute Gasteiger partial charge is 0.497 e. The van der Waals surface area contributed by atoms with Crippen molar-refractivity contribution in [1.82, 2.24) is 10.6 Å². The van der Waals surface area contributed by atoms with Crippen LogP contribution >= 0.6 is 0 Å². The van der Waals surface area contributed by atoms with Crippen molar-refractivity contribution in [1.29, 1.82) is 0 Å². The van der Waals surface area contributed by atoms with E-state index in [2.05, 4.69) is 10.6 Å². The lowest BCUT2D eigenvalue weighted by Gasteiger charge is -2.32. The smallest absolute Gasteiger partial charge is 0.315 e. The van der Waals surface area contributed by atoms with Gasteiger partial charge in [-0.3, -0.25) is 0 Å². The summed E-state index contributed by atoms with van der Waals surface area (Å²) in [5.41, 5.74) is 0. The maximum Gasteiger partial charge on any atom is 0.315 e. The third kappa shape index (κ3) is 3.42. The van der Waals surface area contributed by atoms with E-state index in [9.17, 15) is 4.79 Å². The highest BCUT2D eigenvalue weighted by Crippen LogP contribution is 2.58. The number of methoxy groups -OCH3 is 1. The van der Waals surface area contributed by atoms with Crippen molar-refractivity contribution >= 4 is 6.03 Å². The number of fused-ring (bicyclic) bond motifs is 5. The molecule has 0 unspecified atom stereocenters. The van der Waals surface area contributed by atoms with Crippen molar-refractivity contribution < 1.29 is 14.3 Å². The first-order chi connectivity index (χ1) is 12.2. The monoisotopic (exact) mass is 344 g/mol. The second-order valence-corrected chi connectivity index (χ2v) is 7.68. The van der Waals surface area contributed by atoms with Crippen LogP contribution in [0.1, 0.15) is 32.1 Å². The van der Waals surface area contributed by atoms with Crippen LogP contribution in [-0.4, -0.2) is 32.3 Å². The zero-order chi connectivity index (χ0) is 17.2. The first kappa shape index (κ1) is 16.6. The summed E-state index contributed by atoms with van der Waals surface area (Å²) in [7, 11) is 1.64. The Hall–Kier alpha value is -1.91. The highest BCUT2D eigenvalue weighted by molar-refractivity contribution is 5.74. The lowest BCUT2D eigenvalue weighted by molar-refractivity contribution is 0.196. The molecule has 2 amide bonds. The van der Waals surface area contributed by atoms with Crippen LogP contribution in [0.15, 0.2) is 24.3 Å². The fourth-order valence-electron chi connectivity index (χ4n) is 5.46. The molecule has 1 aromatic rings. The number of carbonyl (C=O) groups excluding carboxylic acids is 1. The predicted octanol–water partition coefficient (Wildman–Crippen LogP) is 3.20. The van der Waals surface area contributed by atoms with Gasteiger partial charge in [-0.1, -0.05) is 6.42 Å².